The number of nitrogens with one attached hydrogen (secondary N) is 2. The predicted octanol–water partition coefficient (Wildman–Crippen LogP) is 3.40. The van der Waals surface area contributed by atoms with Crippen molar-refractivity contribution in [3.63, 3.8) is 0 Å². The number of carbonyl (C=O) groups excluding carboxylic acids is 2. The zero-order valence-electron chi connectivity index (χ0n) is 15.3. The Labute approximate surface area is 165 Å². The van der Waals surface area contributed by atoms with E-state index in [2.05, 4.69) is 21.2 Å². The second kappa shape index (κ2) is 6.20. The van der Waals surface area contributed by atoms with E-state index in [1.54, 1.807) is 39.0 Å². The Morgan fingerprint density at radius 1 is 1.44 bits per heavy atom. The molecule has 2 unspecified atom stereocenters. The molecule has 3 rings (SSSR count). The van der Waals surface area contributed by atoms with Gasteiger partial charge in [-0.15, -0.1) is 0 Å². The molecule has 2 heterocycles. The highest BCUT2D eigenvalue weighted by atomic mass is 79.9. The lowest BCUT2D eigenvalue weighted by atomic mass is 9.64. The molecule has 1 aromatic carbocycles. The smallest absolute Gasteiger partial charge is 0.339 e. The molecule has 1 amide bonds. The van der Waals surface area contributed by atoms with Gasteiger partial charge in [-0.2, -0.15) is 5.26 Å². The summed E-state index contributed by atoms with van der Waals surface area (Å²) in [6.45, 7) is 6.62. The number of nitriles is 1. The van der Waals surface area contributed by atoms with Gasteiger partial charge in [0.1, 0.15) is 22.7 Å². The van der Waals surface area contributed by atoms with Crippen LogP contribution in [-0.2, 0) is 24.5 Å². The molecule has 0 bridgehead atoms. The number of nitrogens with zero attached hydrogens (tertiary/aromatic N) is 1. The summed E-state index contributed by atoms with van der Waals surface area (Å²) in [7, 11) is 0. The van der Waals surface area contributed by atoms with Crippen molar-refractivity contribution in [2.75, 3.05) is 5.32 Å². The highest BCUT2D eigenvalue weighted by Crippen LogP contribution is 2.52. The molecule has 0 radical (unpaired) electrons. The highest BCUT2D eigenvalue weighted by Gasteiger charge is 2.63. The quantitative estimate of drug-likeness (QED) is 0.661. The molecule has 0 fully saturated rings. The summed E-state index contributed by atoms with van der Waals surface area (Å²) < 4.78 is 11.5. The van der Waals surface area contributed by atoms with Crippen LogP contribution in [0.25, 0.3) is 0 Å². The molecular formula is C19H18BrN3O4. The first kappa shape index (κ1) is 19.1. The summed E-state index contributed by atoms with van der Waals surface area (Å²) in [6, 6.07) is 7.08. The summed E-state index contributed by atoms with van der Waals surface area (Å²) in [4.78, 5) is 26.3. The Morgan fingerprint density at radius 3 is 2.70 bits per heavy atom. The van der Waals surface area contributed by atoms with Gasteiger partial charge in [-0.1, -0.05) is 15.9 Å². The van der Waals surface area contributed by atoms with Crippen molar-refractivity contribution in [3.8, 4) is 6.07 Å². The van der Waals surface area contributed by atoms with Crippen molar-refractivity contribution in [2.45, 2.75) is 38.7 Å². The van der Waals surface area contributed by atoms with Gasteiger partial charge in [-0.25, -0.2) is 4.79 Å². The second-order valence-corrected chi connectivity index (χ2v) is 8.33. The van der Waals surface area contributed by atoms with Crippen LogP contribution >= 0.6 is 15.9 Å². The molecule has 140 valence electrons. The Kier molecular flexibility index (Phi) is 4.39. The number of esters is 1. The van der Waals surface area contributed by atoms with E-state index < -0.39 is 28.8 Å². The van der Waals surface area contributed by atoms with Crippen LogP contribution in [0.3, 0.4) is 0 Å². The molecule has 0 aromatic heterocycles. The van der Waals surface area contributed by atoms with Gasteiger partial charge >= 0.3 is 5.97 Å². The number of hydrogen-bond donors (Lipinski definition) is 2. The van der Waals surface area contributed by atoms with Crippen molar-refractivity contribution in [1.82, 2.24) is 0 Å². The summed E-state index contributed by atoms with van der Waals surface area (Å²) in [6.07, 6.45) is 0. The van der Waals surface area contributed by atoms with Gasteiger partial charge in [-0.05, 0) is 51.5 Å². The minimum absolute atomic E-state index is 0.0608. The molecule has 27 heavy (non-hydrogen) atoms. The maximum Gasteiger partial charge on any atom is 0.339 e. The SMILES string of the molecule is CC1=C(C(=O)OC(C)(C)C)C2(C(=O)Nc3ccc(Br)cc32)C(C#N)C(=N)O1. The summed E-state index contributed by atoms with van der Waals surface area (Å²) in [5, 5.41) is 20.7. The van der Waals surface area contributed by atoms with Crippen LogP contribution in [0.1, 0.15) is 33.3 Å². The zero-order chi connectivity index (χ0) is 20.1. The van der Waals surface area contributed by atoms with E-state index in [1.807, 2.05) is 6.07 Å². The standard InChI is InChI=1S/C19H18BrN3O4/c1-9-14(16(24)27-18(2,3)4)19(12(8-21)15(22)26-9)11-7-10(20)5-6-13(11)23-17(19)25/h5-7,12,22H,1-4H3,(H,23,25). The topological polar surface area (TPSA) is 112 Å². The van der Waals surface area contributed by atoms with Gasteiger partial charge in [0.25, 0.3) is 0 Å². The van der Waals surface area contributed by atoms with Crippen LogP contribution in [0.4, 0.5) is 5.69 Å². The third-order valence-electron chi connectivity index (χ3n) is 4.45. The van der Waals surface area contributed by atoms with Crippen LogP contribution in [0, 0.1) is 22.7 Å². The minimum Gasteiger partial charge on any atom is -0.456 e. The first-order valence-electron chi connectivity index (χ1n) is 8.24. The van der Waals surface area contributed by atoms with Gasteiger partial charge in [-0.3, -0.25) is 10.2 Å². The molecule has 1 spiro atoms. The molecule has 0 saturated heterocycles. The number of rotatable bonds is 1. The summed E-state index contributed by atoms with van der Waals surface area (Å²) in [5.74, 6) is -2.93. The Hall–Kier alpha value is -2.66. The first-order valence-corrected chi connectivity index (χ1v) is 9.03. The van der Waals surface area contributed by atoms with Crippen LogP contribution in [-0.4, -0.2) is 23.4 Å². The number of anilines is 1. The minimum atomic E-state index is -1.71. The van der Waals surface area contributed by atoms with Crippen molar-refractivity contribution >= 4 is 39.4 Å². The molecule has 8 heteroatoms. The highest BCUT2D eigenvalue weighted by molar-refractivity contribution is 9.10. The van der Waals surface area contributed by atoms with Crippen molar-refractivity contribution in [2.24, 2.45) is 5.92 Å². The fourth-order valence-corrected chi connectivity index (χ4v) is 3.87. The zero-order valence-corrected chi connectivity index (χ0v) is 16.9. The normalized spacial score (nSPS) is 24.2. The lowest BCUT2D eigenvalue weighted by molar-refractivity contribution is -0.152. The van der Waals surface area contributed by atoms with Crippen molar-refractivity contribution in [1.29, 1.82) is 10.7 Å². The van der Waals surface area contributed by atoms with Gasteiger partial charge in [0, 0.05) is 10.2 Å². The Morgan fingerprint density at radius 2 is 2.11 bits per heavy atom. The molecular weight excluding hydrogens is 414 g/mol. The lowest BCUT2D eigenvalue weighted by Crippen LogP contribution is -2.52. The third-order valence-corrected chi connectivity index (χ3v) is 4.94. The lowest BCUT2D eigenvalue weighted by Gasteiger charge is -2.38. The van der Waals surface area contributed by atoms with E-state index in [9.17, 15) is 14.9 Å². The van der Waals surface area contributed by atoms with Crippen LogP contribution in [0.2, 0.25) is 0 Å². The van der Waals surface area contributed by atoms with Crippen molar-refractivity contribution < 1.29 is 19.1 Å². The Balaban J connectivity index is 2.35. The maximum atomic E-state index is 13.2. The fourth-order valence-electron chi connectivity index (χ4n) is 3.51. The number of fused-ring (bicyclic) bond motifs is 2. The number of ether oxygens (including phenoxy) is 2. The molecule has 0 saturated carbocycles. The van der Waals surface area contributed by atoms with Crippen LogP contribution in [0.5, 0.6) is 0 Å². The van der Waals surface area contributed by atoms with E-state index in [0.29, 0.717) is 15.7 Å². The maximum absolute atomic E-state index is 13.2. The van der Waals surface area contributed by atoms with E-state index >= 15 is 0 Å². The molecule has 2 aliphatic rings. The van der Waals surface area contributed by atoms with E-state index in [-0.39, 0.29) is 17.2 Å². The predicted molar refractivity (Wildman–Crippen MR) is 101 cm³/mol. The number of halogens is 1. The number of hydrogen-bond acceptors (Lipinski definition) is 6. The number of allylic oxidation sites excluding steroid dienone is 1. The van der Waals surface area contributed by atoms with Gasteiger partial charge in [0.2, 0.25) is 11.8 Å². The van der Waals surface area contributed by atoms with Gasteiger partial charge in [0.05, 0.1) is 11.6 Å². The molecule has 0 aliphatic carbocycles. The summed E-state index contributed by atoms with van der Waals surface area (Å²) >= 11 is 3.37. The number of amides is 1. The van der Waals surface area contributed by atoms with Gasteiger partial charge in [0.15, 0.2) is 0 Å². The average Bonchev–Trinajstić information content (AvgIpc) is 2.79. The molecule has 2 aliphatic heterocycles. The molecule has 2 N–H and O–H groups in total. The van der Waals surface area contributed by atoms with Crippen LogP contribution < -0.4 is 5.32 Å². The van der Waals surface area contributed by atoms with Crippen LogP contribution in [0.15, 0.2) is 34.0 Å². The summed E-state index contributed by atoms with van der Waals surface area (Å²) in [5.41, 5.74) is -1.67. The van der Waals surface area contributed by atoms with Crippen molar-refractivity contribution in [3.05, 3.63) is 39.6 Å². The molecule has 1 aromatic rings. The number of carbonyl (C=O) groups is 2. The fraction of sp³-hybridized carbons (Fsp3) is 0.368. The third kappa shape index (κ3) is 2.82. The largest absolute Gasteiger partial charge is 0.456 e. The average molecular weight is 432 g/mol. The van der Waals surface area contributed by atoms with E-state index in [4.69, 9.17) is 14.9 Å². The monoisotopic (exact) mass is 431 g/mol. The first-order chi connectivity index (χ1) is 12.5. The molecule has 2 atom stereocenters. The second-order valence-electron chi connectivity index (χ2n) is 7.41. The Bertz CT molecular complexity index is 955. The van der Waals surface area contributed by atoms with E-state index in [1.165, 1.54) is 6.92 Å². The number of benzene rings is 1. The van der Waals surface area contributed by atoms with Gasteiger partial charge < -0.3 is 14.8 Å². The molecule has 7 nitrogen and oxygen atoms in total. The van der Waals surface area contributed by atoms with E-state index in [0.717, 1.165) is 0 Å².